The van der Waals surface area contributed by atoms with Crippen molar-refractivity contribution in [3.63, 3.8) is 0 Å². The number of hydrogen-bond acceptors (Lipinski definition) is 2. The molecule has 2 nitrogen and oxygen atoms in total. The highest BCUT2D eigenvalue weighted by atomic mass is 16.5. The molecule has 0 radical (unpaired) electrons. The molecule has 1 saturated heterocycles. The Balaban J connectivity index is 1.45. The van der Waals surface area contributed by atoms with Crippen LogP contribution in [0.15, 0.2) is 30.3 Å². The van der Waals surface area contributed by atoms with E-state index in [-0.39, 0.29) is 11.3 Å². The second-order valence-corrected chi connectivity index (χ2v) is 10.6. The number of ether oxygens (including phenoxy) is 1. The Kier molecular flexibility index (Phi) is 6.47. The minimum absolute atomic E-state index is 0.0552. The third-order valence-electron chi connectivity index (χ3n) is 7.77. The van der Waals surface area contributed by atoms with Gasteiger partial charge < -0.3 is 4.74 Å². The van der Waals surface area contributed by atoms with Crippen LogP contribution in [0.3, 0.4) is 0 Å². The molecule has 1 heterocycles. The molecular formula is C26H41NO. The minimum atomic E-state index is -0.0552. The highest BCUT2D eigenvalue weighted by Gasteiger charge is 2.50. The van der Waals surface area contributed by atoms with Crippen molar-refractivity contribution in [2.75, 3.05) is 6.61 Å². The normalized spacial score (nSPS) is 36.8. The fourth-order valence-electron chi connectivity index (χ4n) is 6.49. The Morgan fingerprint density at radius 3 is 2.39 bits per heavy atom. The standard InChI is InChI=1S/C26H41NO/c1-21-17-22(2)19-26(18-21)27-25(20-28-26,15-13-23-9-5-3-6-10-23)16-14-24-11-7-4-8-12-24/h3,5-6,9-10,21-22,24,27H,4,7-8,11-20H2,1-2H3/t21-,22+,25?,26?. The second-order valence-electron chi connectivity index (χ2n) is 10.6. The van der Waals surface area contributed by atoms with Crippen molar-refractivity contribution in [1.82, 2.24) is 5.32 Å². The van der Waals surface area contributed by atoms with Gasteiger partial charge in [-0.25, -0.2) is 0 Å². The molecule has 3 aliphatic rings. The maximum Gasteiger partial charge on any atom is 0.120 e. The molecule has 1 aliphatic heterocycles. The zero-order chi connectivity index (χ0) is 19.5. The molecule has 0 amide bonds. The van der Waals surface area contributed by atoms with Gasteiger partial charge in [-0.3, -0.25) is 5.32 Å². The minimum Gasteiger partial charge on any atom is -0.359 e. The van der Waals surface area contributed by atoms with Crippen molar-refractivity contribution in [2.45, 2.75) is 102 Å². The van der Waals surface area contributed by atoms with Gasteiger partial charge in [-0.1, -0.05) is 76.3 Å². The summed E-state index contributed by atoms with van der Waals surface area (Å²) >= 11 is 0. The van der Waals surface area contributed by atoms with Gasteiger partial charge in [0.15, 0.2) is 0 Å². The number of nitrogens with one attached hydrogen (secondary N) is 1. The Hall–Kier alpha value is -0.860. The lowest BCUT2D eigenvalue weighted by molar-refractivity contribution is -0.0660. The van der Waals surface area contributed by atoms with Crippen LogP contribution in [-0.2, 0) is 11.2 Å². The van der Waals surface area contributed by atoms with Gasteiger partial charge in [0.1, 0.15) is 5.72 Å². The SMILES string of the molecule is C[C@@H]1C[C@H](C)CC2(C1)NC(CCc1ccccc1)(CCC1CCCCC1)CO2. The summed E-state index contributed by atoms with van der Waals surface area (Å²) < 4.78 is 6.66. The number of rotatable bonds is 6. The molecule has 3 fully saturated rings. The maximum atomic E-state index is 6.66. The molecule has 4 atom stereocenters. The highest BCUT2D eigenvalue weighted by molar-refractivity contribution is 5.16. The van der Waals surface area contributed by atoms with E-state index in [4.69, 9.17) is 4.74 Å². The van der Waals surface area contributed by atoms with Crippen molar-refractivity contribution in [2.24, 2.45) is 17.8 Å². The van der Waals surface area contributed by atoms with E-state index in [1.165, 1.54) is 76.2 Å². The van der Waals surface area contributed by atoms with E-state index in [0.717, 1.165) is 30.8 Å². The molecule has 28 heavy (non-hydrogen) atoms. The van der Waals surface area contributed by atoms with E-state index in [0.29, 0.717) is 0 Å². The zero-order valence-corrected chi connectivity index (χ0v) is 18.2. The first-order valence-corrected chi connectivity index (χ1v) is 12.0. The summed E-state index contributed by atoms with van der Waals surface area (Å²) in [7, 11) is 0. The third kappa shape index (κ3) is 5.00. The molecule has 0 aromatic heterocycles. The number of benzene rings is 1. The largest absolute Gasteiger partial charge is 0.359 e. The first kappa shape index (κ1) is 20.4. The molecule has 1 aromatic rings. The fraction of sp³-hybridized carbons (Fsp3) is 0.769. The summed E-state index contributed by atoms with van der Waals surface area (Å²) in [5.74, 6) is 2.48. The van der Waals surface area contributed by atoms with Crippen molar-refractivity contribution in [1.29, 1.82) is 0 Å². The quantitative estimate of drug-likeness (QED) is 0.606. The molecule has 1 N–H and O–H groups in total. The van der Waals surface area contributed by atoms with E-state index in [9.17, 15) is 0 Å². The first-order chi connectivity index (χ1) is 13.6. The van der Waals surface area contributed by atoms with Gasteiger partial charge in [-0.2, -0.15) is 0 Å². The van der Waals surface area contributed by atoms with Crippen molar-refractivity contribution in [3.05, 3.63) is 35.9 Å². The first-order valence-electron chi connectivity index (χ1n) is 12.0. The summed E-state index contributed by atoms with van der Waals surface area (Å²) in [5, 5.41) is 4.17. The maximum absolute atomic E-state index is 6.66. The molecule has 2 unspecified atom stereocenters. The van der Waals surface area contributed by atoms with Crippen LogP contribution in [0, 0.1) is 17.8 Å². The Morgan fingerprint density at radius 1 is 0.964 bits per heavy atom. The lowest BCUT2D eigenvalue weighted by Gasteiger charge is -2.42. The number of aryl methyl sites for hydroxylation is 1. The summed E-state index contributed by atoms with van der Waals surface area (Å²) in [6.45, 7) is 5.73. The predicted octanol–water partition coefficient (Wildman–Crippen LogP) is 6.49. The second kappa shape index (κ2) is 8.88. The van der Waals surface area contributed by atoms with Crippen LogP contribution >= 0.6 is 0 Å². The molecule has 2 heteroatoms. The van der Waals surface area contributed by atoms with Crippen molar-refractivity contribution >= 4 is 0 Å². The topological polar surface area (TPSA) is 21.3 Å². The fourth-order valence-corrected chi connectivity index (χ4v) is 6.49. The molecule has 1 spiro atoms. The van der Waals surface area contributed by atoms with Gasteiger partial charge in [0.25, 0.3) is 0 Å². The van der Waals surface area contributed by atoms with E-state index in [1.807, 2.05) is 0 Å². The molecule has 156 valence electrons. The van der Waals surface area contributed by atoms with E-state index < -0.39 is 0 Å². The zero-order valence-electron chi connectivity index (χ0n) is 18.2. The van der Waals surface area contributed by atoms with Crippen LogP contribution in [0.1, 0.15) is 90.0 Å². The van der Waals surface area contributed by atoms with Crippen molar-refractivity contribution < 1.29 is 4.74 Å². The summed E-state index contributed by atoms with van der Waals surface area (Å²) in [6, 6.07) is 11.0. The number of hydrogen-bond donors (Lipinski definition) is 1. The van der Waals surface area contributed by atoms with Gasteiger partial charge in [0.2, 0.25) is 0 Å². The van der Waals surface area contributed by atoms with Crippen LogP contribution < -0.4 is 5.32 Å². The summed E-state index contributed by atoms with van der Waals surface area (Å²) in [6.07, 6.45) is 16.0. The van der Waals surface area contributed by atoms with Gasteiger partial charge in [-0.15, -0.1) is 0 Å². The molecular weight excluding hydrogens is 342 g/mol. The monoisotopic (exact) mass is 383 g/mol. The lowest BCUT2D eigenvalue weighted by Crippen LogP contribution is -2.54. The van der Waals surface area contributed by atoms with Crippen LogP contribution in [0.25, 0.3) is 0 Å². The van der Waals surface area contributed by atoms with Gasteiger partial charge in [-0.05, 0) is 68.3 Å². The average molecular weight is 384 g/mol. The Bertz CT molecular complexity index is 598. The smallest absolute Gasteiger partial charge is 0.120 e. The summed E-state index contributed by atoms with van der Waals surface area (Å²) in [5.41, 5.74) is 1.58. The van der Waals surface area contributed by atoms with E-state index in [2.05, 4.69) is 49.5 Å². The predicted molar refractivity (Wildman–Crippen MR) is 117 cm³/mol. The Labute approximate surface area is 172 Å². The van der Waals surface area contributed by atoms with E-state index in [1.54, 1.807) is 0 Å². The van der Waals surface area contributed by atoms with Gasteiger partial charge in [0.05, 0.1) is 6.61 Å². The van der Waals surface area contributed by atoms with Crippen LogP contribution in [0.2, 0.25) is 0 Å². The molecule has 2 aliphatic carbocycles. The highest BCUT2D eigenvalue weighted by Crippen LogP contribution is 2.44. The average Bonchev–Trinajstić information content (AvgIpc) is 3.03. The van der Waals surface area contributed by atoms with Crippen LogP contribution in [0.4, 0.5) is 0 Å². The summed E-state index contributed by atoms with van der Waals surface area (Å²) in [4.78, 5) is 0. The van der Waals surface area contributed by atoms with E-state index >= 15 is 0 Å². The van der Waals surface area contributed by atoms with Crippen molar-refractivity contribution in [3.8, 4) is 0 Å². The molecule has 2 saturated carbocycles. The molecule has 1 aromatic carbocycles. The van der Waals surface area contributed by atoms with Crippen LogP contribution in [0.5, 0.6) is 0 Å². The van der Waals surface area contributed by atoms with Crippen LogP contribution in [-0.4, -0.2) is 17.9 Å². The molecule has 0 bridgehead atoms. The Morgan fingerprint density at radius 2 is 1.68 bits per heavy atom. The van der Waals surface area contributed by atoms with Gasteiger partial charge >= 0.3 is 0 Å². The third-order valence-corrected chi connectivity index (χ3v) is 7.77. The lowest BCUT2D eigenvalue weighted by atomic mass is 9.76. The van der Waals surface area contributed by atoms with Gasteiger partial charge in [0, 0.05) is 5.54 Å². The molecule has 4 rings (SSSR count).